The third-order valence-corrected chi connectivity index (χ3v) is 5.31. The standard InChI is InChI=1S/C17H16ClF3N2O4S/c1-10(16(24)22-2)27-12-4-6-13(7-5-12)28(25,26)23-11-3-8-15(18)14(9-11)17(19,20)21/h3-10,23H,1-2H3,(H,22,24)/t10-/m1/s1. The van der Waals surface area contributed by atoms with Gasteiger partial charge in [-0.15, -0.1) is 0 Å². The lowest BCUT2D eigenvalue weighted by Gasteiger charge is -2.14. The molecule has 6 nitrogen and oxygen atoms in total. The fourth-order valence-corrected chi connectivity index (χ4v) is 3.45. The Morgan fingerprint density at radius 2 is 1.75 bits per heavy atom. The van der Waals surface area contributed by atoms with E-state index < -0.39 is 32.9 Å². The van der Waals surface area contributed by atoms with Crippen molar-refractivity contribution in [2.24, 2.45) is 0 Å². The zero-order valence-electron chi connectivity index (χ0n) is 14.7. The number of nitrogens with one attached hydrogen (secondary N) is 2. The monoisotopic (exact) mass is 436 g/mol. The van der Waals surface area contributed by atoms with Crippen LogP contribution in [-0.2, 0) is 21.0 Å². The first-order valence-corrected chi connectivity index (χ1v) is 9.68. The van der Waals surface area contributed by atoms with Crippen LogP contribution in [0.15, 0.2) is 47.4 Å². The summed E-state index contributed by atoms with van der Waals surface area (Å²) in [4.78, 5) is 11.2. The summed E-state index contributed by atoms with van der Waals surface area (Å²) in [6.07, 6.45) is -5.51. The molecular weight excluding hydrogens is 421 g/mol. The molecule has 1 amide bonds. The van der Waals surface area contributed by atoms with E-state index in [-0.39, 0.29) is 22.2 Å². The predicted octanol–water partition coefficient (Wildman–Crippen LogP) is 3.67. The van der Waals surface area contributed by atoms with Gasteiger partial charge in [0.25, 0.3) is 15.9 Å². The molecule has 0 saturated heterocycles. The fourth-order valence-electron chi connectivity index (χ4n) is 2.18. The summed E-state index contributed by atoms with van der Waals surface area (Å²) in [7, 11) is -2.70. The third-order valence-electron chi connectivity index (χ3n) is 3.59. The second kappa shape index (κ2) is 8.27. The molecule has 0 radical (unpaired) electrons. The number of amides is 1. The number of halogens is 4. The summed E-state index contributed by atoms with van der Waals surface area (Å²) in [6.45, 7) is 1.52. The number of likely N-dealkylation sites (N-methyl/N-ethyl adjacent to an activating group) is 1. The molecule has 2 rings (SSSR count). The third kappa shape index (κ3) is 5.29. The Hall–Kier alpha value is -2.46. The molecule has 0 aromatic heterocycles. The van der Waals surface area contributed by atoms with E-state index in [1.54, 1.807) is 0 Å². The molecular formula is C17H16ClF3N2O4S. The minimum atomic E-state index is -4.72. The van der Waals surface area contributed by atoms with Gasteiger partial charge >= 0.3 is 6.18 Å². The van der Waals surface area contributed by atoms with Crippen LogP contribution < -0.4 is 14.8 Å². The average molecular weight is 437 g/mol. The topological polar surface area (TPSA) is 84.5 Å². The van der Waals surface area contributed by atoms with Gasteiger partial charge in [0.15, 0.2) is 6.10 Å². The maximum Gasteiger partial charge on any atom is 0.417 e. The molecule has 2 N–H and O–H groups in total. The average Bonchev–Trinajstić information content (AvgIpc) is 2.62. The van der Waals surface area contributed by atoms with Crippen LogP contribution in [0, 0.1) is 0 Å². The van der Waals surface area contributed by atoms with Gasteiger partial charge in [0, 0.05) is 12.7 Å². The number of anilines is 1. The quantitative estimate of drug-likeness (QED) is 0.723. The zero-order chi connectivity index (χ0) is 21.1. The van der Waals surface area contributed by atoms with Crippen LogP contribution in [0.5, 0.6) is 5.75 Å². The highest BCUT2D eigenvalue weighted by Crippen LogP contribution is 2.36. The van der Waals surface area contributed by atoms with Crippen molar-refractivity contribution in [2.45, 2.75) is 24.1 Å². The molecule has 1 atom stereocenters. The van der Waals surface area contributed by atoms with E-state index in [9.17, 15) is 26.4 Å². The second-order valence-corrected chi connectivity index (χ2v) is 7.73. The van der Waals surface area contributed by atoms with E-state index >= 15 is 0 Å². The molecule has 0 saturated carbocycles. The molecule has 11 heteroatoms. The molecule has 0 unspecified atom stereocenters. The van der Waals surface area contributed by atoms with Crippen LogP contribution >= 0.6 is 11.6 Å². The Morgan fingerprint density at radius 1 is 1.14 bits per heavy atom. The minimum Gasteiger partial charge on any atom is -0.481 e. The fraction of sp³-hybridized carbons (Fsp3) is 0.235. The summed E-state index contributed by atoms with van der Waals surface area (Å²) in [6, 6.07) is 7.76. The Balaban J connectivity index is 2.20. The normalized spacial score (nSPS) is 12.9. The molecule has 0 aliphatic heterocycles. The predicted molar refractivity (Wildman–Crippen MR) is 97.9 cm³/mol. The van der Waals surface area contributed by atoms with Crippen molar-refractivity contribution in [1.29, 1.82) is 0 Å². The molecule has 0 fully saturated rings. The van der Waals surface area contributed by atoms with E-state index in [2.05, 4.69) is 10.0 Å². The summed E-state index contributed by atoms with van der Waals surface area (Å²) in [5.74, 6) is -0.109. The second-order valence-electron chi connectivity index (χ2n) is 5.64. The van der Waals surface area contributed by atoms with Crippen LogP contribution in [0.2, 0.25) is 5.02 Å². The highest BCUT2D eigenvalue weighted by atomic mass is 35.5. The first-order chi connectivity index (χ1) is 12.9. The lowest BCUT2D eigenvalue weighted by Crippen LogP contribution is -2.33. The first-order valence-electron chi connectivity index (χ1n) is 7.82. The van der Waals surface area contributed by atoms with Crippen molar-refractivity contribution in [2.75, 3.05) is 11.8 Å². The van der Waals surface area contributed by atoms with Crippen molar-refractivity contribution >= 4 is 33.2 Å². The van der Waals surface area contributed by atoms with Crippen LogP contribution in [0.3, 0.4) is 0 Å². The van der Waals surface area contributed by atoms with Crippen molar-refractivity contribution < 1.29 is 31.1 Å². The Kier molecular flexibility index (Phi) is 6.45. The Labute approximate surface area is 164 Å². The molecule has 0 aliphatic rings. The van der Waals surface area contributed by atoms with Crippen molar-refractivity contribution in [3.8, 4) is 5.75 Å². The SMILES string of the molecule is CNC(=O)[C@@H](C)Oc1ccc(S(=O)(=O)Nc2ccc(Cl)c(C(F)(F)F)c2)cc1. The maximum absolute atomic E-state index is 12.9. The Morgan fingerprint density at radius 3 is 2.29 bits per heavy atom. The number of benzene rings is 2. The molecule has 0 aliphatic carbocycles. The van der Waals surface area contributed by atoms with E-state index in [1.165, 1.54) is 38.2 Å². The van der Waals surface area contributed by atoms with E-state index in [4.69, 9.17) is 16.3 Å². The number of sulfonamides is 1. The molecule has 0 heterocycles. The van der Waals surface area contributed by atoms with Crippen LogP contribution in [0.4, 0.5) is 18.9 Å². The number of hydrogen-bond donors (Lipinski definition) is 2. The highest BCUT2D eigenvalue weighted by Gasteiger charge is 2.33. The number of hydrogen-bond acceptors (Lipinski definition) is 4. The number of carbonyl (C=O) groups is 1. The number of ether oxygens (including phenoxy) is 1. The zero-order valence-corrected chi connectivity index (χ0v) is 16.2. The smallest absolute Gasteiger partial charge is 0.417 e. The summed E-state index contributed by atoms with van der Waals surface area (Å²) < 4.78 is 71.0. The summed E-state index contributed by atoms with van der Waals surface area (Å²) in [5.41, 5.74) is -1.44. The van der Waals surface area contributed by atoms with Crippen molar-refractivity contribution in [1.82, 2.24) is 5.32 Å². The number of carbonyl (C=O) groups excluding carboxylic acids is 1. The van der Waals surface area contributed by atoms with Crippen LogP contribution in [0.1, 0.15) is 12.5 Å². The van der Waals surface area contributed by atoms with E-state index in [1.807, 2.05) is 0 Å². The van der Waals surface area contributed by atoms with Crippen molar-refractivity contribution in [3.63, 3.8) is 0 Å². The summed E-state index contributed by atoms with van der Waals surface area (Å²) >= 11 is 5.52. The van der Waals surface area contributed by atoms with Gasteiger partial charge in [-0.2, -0.15) is 13.2 Å². The molecule has 0 spiro atoms. The highest BCUT2D eigenvalue weighted by molar-refractivity contribution is 7.92. The summed E-state index contributed by atoms with van der Waals surface area (Å²) in [5, 5.41) is 1.87. The Bertz CT molecular complexity index is 963. The van der Waals surface area contributed by atoms with Gasteiger partial charge in [0.05, 0.1) is 15.5 Å². The molecule has 0 bridgehead atoms. The van der Waals surface area contributed by atoms with Gasteiger partial charge in [-0.05, 0) is 49.4 Å². The van der Waals surface area contributed by atoms with Crippen LogP contribution in [-0.4, -0.2) is 27.5 Å². The minimum absolute atomic E-state index is 0.198. The van der Waals surface area contributed by atoms with Crippen LogP contribution in [0.25, 0.3) is 0 Å². The number of rotatable bonds is 6. The lowest BCUT2D eigenvalue weighted by molar-refractivity contribution is -0.137. The van der Waals surface area contributed by atoms with E-state index in [0.717, 1.165) is 12.1 Å². The lowest BCUT2D eigenvalue weighted by atomic mass is 10.2. The van der Waals surface area contributed by atoms with Gasteiger partial charge in [0.1, 0.15) is 5.75 Å². The van der Waals surface area contributed by atoms with Gasteiger partial charge in [-0.3, -0.25) is 9.52 Å². The first kappa shape index (κ1) is 21.8. The van der Waals surface area contributed by atoms with Crippen molar-refractivity contribution in [3.05, 3.63) is 53.1 Å². The molecule has 152 valence electrons. The van der Waals surface area contributed by atoms with Gasteiger partial charge in [0.2, 0.25) is 0 Å². The largest absolute Gasteiger partial charge is 0.481 e. The van der Waals surface area contributed by atoms with Gasteiger partial charge < -0.3 is 10.1 Å². The van der Waals surface area contributed by atoms with Gasteiger partial charge in [-0.25, -0.2) is 8.42 Å². The molecule has 2 aromatic carbocycles. The van der Waals surface area contributed by atoms with E-state index in [0.29, 0.717) is 6.07 Å². The van der Waals surface area contributed by atoms with Gasteiger partial charge in [-0.1, -0.05) is 11.6 Å². The molecule has 2 aromatic rings. The molecule has 28 heavy (non-hydrogen) atoms. The number of alkyl halides is 3. The maximum atomic E-state index is 12.9.